The van der Waals surface area contributed by atoms with Crippen molar-refractivity contribution in [3.63, 3.8) is 0 Å². The lowest BCUT2D eigenvalue weighted by Gasteiger charge is -2.28. The zero-order chi connectivity index (χ0) is 17.4. The Morgan fingerprint density at radius 3 is 2.38 bits per heavy atom. The summed E-state index contributed by atoms with van der Waals surface area (Å²) in [6.07, 6.45) is 3.65. The lowest BCUT2D eigenvalue weighted by molar-refractivity contribution is -0.118. The van der Waals surface area contributed by atoms with E-state index in [1.165, 1.54) is 13.3 Å². The highest BCUT2D eigenvalue weighted by Gasteiger charge is 2.18. The van der Waals surface area contributed by atoms with Crippen LogP contribution in [0.4, 0.5) is 11.4 Å². The van der Waals surface area contributed by atoms with Crippen LogP contribution in [0.3, 0.4) is 0 Å². The first-order valence-corrected chi connectivity index (χ1v) is 8.58. The Labute approximate surface area is 143 Å². The molecule has 2 N–H and O–H groups in total. The van der Waals surface area contributed by atoms with Gasteiger partial charge >= 0.3 is 0 Å². The molecule has 0 unspecified atom stereocenters. The molecule has 1 aromatic carbocycles. The van der Waals surface area contributed by atoms with Crippen molar-refractivity contribution >= 4 is 23.2 Å². The Kier molecular flexibility index (Phi) is 7.21. The summed E-state index contributed by atoms with van der Waals surface area (Å²) in [4.78, 5) is 25.3. The molecule has 0 aromatic heterocycles. The normalized spacial score (nSPS) is 17.5. The number of likely N-dealkylation sites (N-methyl/N-ethyl adjacent to an activating group) is 1. The fourth-order valence-electron chi connectivity index (χ4n) is 2.79. The van der Waals surface area contributed by atoms with Crippen molar-refractivity contribution in [3.8, 4) is 0 Å². The van der Waals surface area contributed by atoms with E-state index in [2.05, 4.69) is 22.5 Å². The number of benzene rings is 1. The third-order valence-electron chi connectivity index (χ3n) is 4.04. The van der Waals surface area contributed by atoms with Gasteiger partial charge < -0.3 is 15.4 Å². The maximum Gasteiger partial charge on any atom is 0.238 e. The summed E-state index contributed by atoms with van der Waals surface area (Å²) < 4.78 is 5.75. The van der Waals surface area contributed by atoms with Crippen molar-refractivity contribution in [2.24, 2.45) is 0 Å². The van der Waals surface area contributed by atoms with Crippen LogP contribution in [0.1, 0.15) is 33.1 Å². The van der Waals surface area contributed by atoms with Gasteiger partial charge in [-0.3, -0.25) is 14.5 Å². The van der Waals surface area contributed by atoms with Gasteiger partial charge in [0.1, 0.15) is 0 Å². The molecule has 1 aliphatic rings. The minimum absolute atomic E-state index is 0.0417. The van der Waals surface area contributed by atoms with E-state index in [1.54, 1.807) is 24.3 Å². The molecule has 0 aliphatic carbocycles. The summed E-state index contributed by atoms with van der Waals surface area (Å²) in [6, 6.07) is 7.10. The number of nitrogens with zero attached hydrogens (tertiary/aromatic N) is 1. The average molecular weight is 333 g/mol. The number of carbonyl (C=O) groups excluding carboxylic acids is 2. The number of ether oxygens (including phenoxy) is 1. The first kappa shape index (κ1) is 18.4. The van der Waals surface area contributed by atoms with E-state index < -0.39 is 0 Å². The molecular weight excluding hydrogens is 306 g/mol. The quantitative estimate of drug-likeness (QED) is 0.804. The molecule has 6 nitrogen and oxygen atoms in total. The van der Waals surface area contributed by atoms with Crippen LogP contribution in [0.5, 0.6) is 0 Å². The summed E-state index contributed by atoms with van der Waals surface area (Å²) in [5.74, 6) is -0.157. The van der Waals surface area contributed by atoms with E-state index in [9.17, 15) is 9.59 Å². The van der Waals surface area contributed by atoms with Crippen LogP contribution in [0.2, 0.25) is 0 Å². The number of anilines is 2. The molecule has 0 saturated carbocycles. The van der Waals surface area contributed by atoms with E-state index >= 15 is 0 Å². The minimum Gasteiger partial charge on any atom is -0.377 e. The molecule has 1 heterocycles. The largest absolute Gasteiger partial charge is 0.377 e. The van der Waals surface area contributed by atoms with Crippen LogP contribution in [0.15, 0.2) is 24.3 Å². The number of hydrogen-bond acceptors (Lipinski definition) is 4. The maximum absolute atomic E-state index is 12.2. The van der Waals surface area contributed by atoms with Gasteiger partial charge in [0.15, 0.2) is 0 Å². The second-order valence-corrected chi connectivity index (χ2v) is 6.12. The van der Waals surface area contributed by atoms with Gasteiger partial charge in [0.25, 0.3) is 0 Å². The average Bonchev–Trinajstić information content (AvgIpc) is 2.56. The van der Waals surface area contributed by atoms with E-state index in [0.29, 0.717) is 12.2 Å². The van der Waals surface area contributed by atoms with Gasteiger partial charge in [-0.15, -0.1) is 0 Å². The number of amides is 2. The highest BCUT2D eigenvalue weighted by atomic mass is 16.5. The van der Waals surface area contributed by atoms with E-state index in [0.717, 1.165) is 38.2 Å². The molecule has 1 atom stereocenters. The molecule has 24 heavy (non-hydrogen) atoms. The molecule has 132 valence electrons. The van der Waals surface area contributed by atoms with Crippen molar-refractivity contribution in [2.45, 2.75) is 39.2 Å². The van der Waals surface area contributed by atoms with Gasteiger partial charge in [-0.2, -0.15) is 0 Å². The summed E-state index contributed by atoms with van der Waals surface area (Å²) in [7, 11) is 0. The highest BCUT2D eigenvalue weighted by Crippen LogP contribution is 2.15. The molecule has 6 heteroatoms. The second-order valence-electron chi connectivity index (χ2n) is 6.12. The standard InChI is InChI=1S/C18H27N3O3/c1-3-21(12-17-6-4-5-11-24-17)13-18(23)20-16-9-7-15(8-10-16)19-14(2)22/h7-10,17H,3-6,11-13H2,1-2H3,(H,19,22)(H,20,23)/t17-/m0/s1. The molecular formula is C18H27N3O3. The second kappa shape index (κ2) is 9.39. The smallest absolute Gasteiger partial charge is 0.238 e. The van der Waals surface area contributed by atoms with Crippen molar-refractivity contribution in [1.29, 1.82) is 0 Å². The van der Waals surface area contributed by atoms with Gasteiger partial charge in [-0.25, -0.2) is 0 Å². The van der Waals surface area contributed by atoms with Crippen molar-refractivity contribution in [1.82, 2.24) is 4.90 Å². The Morgan fingerprint density at radius 2 is 1.83 bits per heavy atom. The van der Waals surface area contributed by atoms with E-state index in [4.69, 9.17) is 4.74 Å². The van der Waals surface area contributed by atoms with E-state index in [1.807, 2.05) is 0 Å². The summed E-state index contributed by atoms with van der Waals surface area (Å²) in [6.45, 7) is 6.31. The predicted molar refractivity (Wildman–Crippen MR) is 95.1 cm³/mol. The summed E-state index contributed by atoms with van der Waals surface area (Å²) in [5, 5.41) is 5.59. The Balaban J connectivity index is 1.80. The number of nitrogens with one attached hydrogen (secondary N) is 2. The maximum atomic E-state index is 12.2. The fraction of sp³-hybridized carbons (Fsp3) is 0.556. The fourth-order valence-corrected chi connectivity index (χ4v) is 2.79. The molecule has 1 saturated heterocycles. The third-order valence-corrected chi connectivity index (χ3v) is 4.04. The lowest BCUT2D eigenvalue weighted by Crippen LogP contribution is -2.40. The van der Waals surface area contributed by atoms with Crippen molar-refractivity contribution in [2.75, 3.05) is 36.9 Å². The van der Waals surface area contributed by atoms with Crippen LogP contribution in [-0.2, 0) is 14.3 Å². The number of rotatable bonds is 7. The van der Waals surface area contributed by atoms with E-state index in [-0.39, 0.29) is 17.9 Å². The van der Waals surface area contributed by atoms with Crippen LogP contribution < -0.4 is 10.6 Å². The zero-order valence-corrected chi connectivity index (χ0v) is 14.5. The molecule has 2 amide bonds. The van der Waals surface area contributed by atoms with Crippen LogP contribution >= 0.6 is 0 Å². The van der Waals surface area contributed by atoms with Crippen LogP contribution in [0.25, 0.3) is 0 Å². The molecule has 1 aromatic rings. The minimum atomic E-state index is -0.115. The Bertz CT molecular complexity index is 539. The van der Waals surface area contributed by atoms with Crippen LogP contribution in [-0.4, -0.2) is 49.1 Å². The summed E-state index contributed by atoms with van der Waals surface area (Å²) in [5.41, 5.74) is 1.43. The molecule has 0 radical (unpaired) electrons. The van der Waals surface area contributed by atoms with Crippen LogP contribution in [0, 0.1) is 0 Å². The van der Waals surface area contributed by atoms with Crippen molar-refractivity contribution < 1.29 is 14.3 Å². The van der Waals surface area contributed by atoms with Gasteiger partial charge in [0, 0.05) is 31.5 Å². The Morgan fingerprint density at radius 1 is 1.17 bits per heavy atom. The first-order chi connectivity index (χ1) is 11.6. The number of carbonyl (C=O) groups is 2. The number of hydrogen-bond donors (Lipinski definition) is 2. The Hall–Kier alpha value is -1.92. The third kappa shape index (κ3) is 6.29. The van der Waals surface area contributed by atoms with Gasteiger partial charge in [-0.1, -0.05) is 6.92 Å². The molecule has 2 rings (SSSR count). The first-order valence-electron chi connectivity index (χ1n) is 8.58. The van der Waals surface area contributed by atoms with Gasteiger partial charge in [0.2, 0.25) is 11.8 Å². The highest BCUT2D eigenvalue weighted by molar-refractivity contribution is 5.93. The molecule has 1 aliphatic heterocycles. The molecule has 1 fully saturated rings. The summed E-state index contributed by atoms with van der Waals surface area (Å²) >= 11 is 0. The molecule has 0 spiro atoms. The van der Waals surface area contributed by atoms with Gasteiger partial charge in [0.05, 0.1) is 12.6 Å². The SMILES string of the molecule is CCN(CC(=O)Nc1ccc(NC(C)=O)cc1)C[C@@H]1CCCCO1. The zero-order valence-electron chi connectivity index (χ0n) is 14.5. The lowest BCUT2D eigenvalue weighted by atomic mass is 10.1. The monoisotopic (exact) mass is 333 g/mol. The van der Waals surface area contributed by atoms with Crippen molar-refractivity contribution in [3.05, 3.63) is 24.3 Å². The topological polar surface area (TPSA) is 70.7 Å². The predicted octanol–water partition coefficient (Wildman–Crippen LogP) is 2.47. The molecule has 0 bridgehead atoms. The van der Waals surface area contributed by atoms with Gasteiger partial charge in [-0.05, 0) is 50.1 Å².